The van der Waals surface area contributed by atoms with E-state index < -0.39 is 42.3 Å². The van der Waals surface area contributed by atoms with E-state index in [1.807, 2.05) is 24.3 Å². The average Bonchev–Trinajstić information content (AvgIpc) is 4.14. The number of imide groups is 1. The van der Waals surface area contributed by atoms with Gasteiger partial charge < -0.3 is 19.7 Å². The maximum atomic E-state index is 15.6. The summed E-state index contributed by atoms with van der Waals surface area (Å²) in [5.74, 6) is 0.154. The molecule has 1 unspecified atom stereocenters. The van der Waals surface area contributed by atoms with Gasteiger partial charge in [-0.1, -0.05) is 12.1 Å². The van der Waals surface area contributed by atoms with E-state index in [9.17, 15) is 28.0 Å². The van der Waals surface area contributed by atoms with Gasteiger partial charge in [0, 0.05) is 58.6 Å². The quantitative estimate of drug-likeness (QED) is 0.160. The van der Waals surface area contributed by atoms with Crippen LogP contribution in [0.1, 0.15) is 110 Å². The van der Waals surface area contributed by atoms with Gasteiger partial charge >= 0.3 is 5.69 Å². The molecule has 2 saturated carbocycles. The summed E-state index contributed by atoms with van der Waals surface area (Å²) in [5.41, 5.74) is 2.23. The van der Waals surface area contributed by atoms with Gasteiger partial charge in [-0.25, -0.2) is 27.5 Å². The van der Waals surface area contributed by atoms with Crippen LogP contribution in [0.5, 0.6) is 0 Å². The normalized spacial score (nSPS) is 29.3. The number of halogens is 3. The van der Waals surface area contributed by atoms with Gasteiger partial charge in [-0.2, -0.15) is 10.2 Å². The molecule has 5 aromatic rings. The van der Waals surface area contributed by atoms with E-state index >= 15 is 4.39 Å². The number of aryl methyl sites for hydroxylation is 1. The Balaban J connectivity index is 0.646. The number of piperidine rings is 2. The largest absolute Gasteiger partial charge is 0.375 e. The molecule has 350 valence electrons. The molecule has 2 aliphatic carbocycles. The first kappa shape index (κ1) is 43.0. The Bertz CT molecular complexity index is 2740. The molecule has 17 nitrogen and oxygen atoms in total. The molecule has 11 rings (SSSR count). The van der Waals surface area contributed by atoms with Crippen molar-refractivity contribution in [2.24, 2.45) is 18.9 Å². The Hall–Kier alpha value is -5.60. The lowest BCUT2D eigenvalue weighted by Gasteiger charge is -2.40. The number of carbonyl (C=O) groups is 3. The molecular weight excluding hydrogens is 860 g/mol. The van der Waals surface area contributed by atoms with E-state index in [0.717, 1.165) is 81.5 Å². The van der Waals surface area contributed by atoms with Gasteiger partial charge in [-0.15, -0.1) is 0 Å². The van der Waals surface area contributed by atoms with E-state index in [1.165, 1.54) is 21.5 Å². The van der Waals surface area contributed by atoms with Crippen molar-refractivity contribution in [1.29, 1.82) is 0 Å². The topological polar surface area (TPSA) is 175 Å². The van der Waals surface area contributed by atoms with Gasteiger partial charge in [-0.3, -0.25) is 38.4 Å². The highest BCUT2D eigenvalue weighted by Gasteiger charge is 2.41. The van der Waals surface area contributed by atoms with E-state index in [-0.39, 0.29) is 65.7 Å². The summed E-state index contributed by atoms with van der Waals surface area (Å²) in [6.07, 6.45) is 7.18. The Morgan fingerprint density at radius 2 is 1.85 bits per heavy atom. The number of amides is 3. The zero-order valence-corrected chi connectivity index (χ0v) is 36.7. The van der Waals surface area contributed by atoms with Crippen LogP contribution in [0.2, 0.25) is 0 Å². The van der Waals surface area contributed by atoms with Gasteiger partial charge in [0.2, 0.25) is 11.8 Å². The molecule has 6 fully saturated rings. The predicted molar refractivity (Wildman–Crippen MR) is 234 cm³/mol. The van der Waals surface area contributed by atoms with Crippen molar-refractivity contribution < 1.29 is 37.0 Å². The third kappa shape index (κ3) is 7.87. The fourth-order valence-corrected chi connectivity index (χ4v) is 11.6. The maximum absolute atomic E-state index is 15.6. The standard InChI is InChI=1S/C46H54F3N11O6/c1-55-41-31(3-2-4-35(41)60(46(55)64)36-9-10-39(61)53-45(36)63)27-15-26(16-27)23-66-37-11-13-56(21-33(37)47)19-25-5-7-28(8-6-25)59-22-34(40(54-59)42(48)49)51-44(62)32-18-50-58-14-12-38(52-43(32)58)57-20-30-17-29(57)24-65-30/h2-4,12,14,18,22,25-30,33,36-37,42H,5-11,13,15-17,19-21,23-24H2,1H3,(H,51,62)(H,53,61,63)/t25?,26?,27?,28?,29-,30-,33+,36?,37-/m1/s1. The number of alkyl halides is 3. The third-order valence-electron chi connectivity index (χ3n) is 15.2. The fraction of sp³-hybridized carbons (Fsp3) is 0.587. The van der Waals surface area contributed by atoms with Crippen molar-refractivity contribution in [1.82, 2.24) is 43.7 Å². The number of likely N-dealkylation sites (tertiary alicyclic amines) is 1. The number of anilines is 2. The minimum absolute atomic E-state index is 0.0391. The molecule has 4 aliphatic heterocycles. The van der Waals surface area contributed by atoms with Gasteiger partial charge in [0.1, 0.15) is 23.6 Å². The van der Waals surface area contributed by atoms with E-state index in [2.05, 4.69) is 30.6 Å². The number of nitrogens with zero attached hydrogens (tertiary/aromatic N) is 9. The second kappa shape index (κ2) is 17.2. The number of para-hydroxylation sites is 1. The summed E-state index contributed by atoms with van der Waals surface area (Å²) >= 11 is 0. The van der Waals surface area contributed by atoms with E-state index in [4.69, 9.17) is 14.5 Å². The number of hydrogen-bond donors (Lipinski definition) is 2. The third-order valence-corrected chi connectivity index (χ3v) is 15.2. The first-order valence-electron chi connectivity index (χ1n) is 23.4. The van der Waals surface area contributed by atoms with Gasteiger partial charge in [0.05, 0.1) is 53.8 Å². The first-order valence-corrected chi connectivity index (χ1v) is 23.4. The van der Waals surface area contributed by atoms with Crippen molar-refractivity contribution in [3.63, 3.8) is 0 Å². The Labute approximate surface area is 377 Å². The Morgan fingerprint density at radius 1 is 1.02 bits per heavy atom. The Kier molecular flexibility index (Phi) is 11.2. The van der Waals surface area contributed by atoms with Crippen molar-refractivity contribution in [2.75, 3.05) is 49.6 Å². The number of aromatic nitrogens is 7. The molecule has 20 heteroatoms. The number of carbonyl (C=O) groups excluding carboxylic acids is 3. The number of benzene rings is 1. The zero-order valence-electron chi connectivity index (χ0n) is 36.7. The molecule has 5 atom stereocenters. The molecule has 3 amide bonds. The first-order chi connectivity index (χ1) is 31.9. The summed E-state index contributed by atoms with van der Waals surface area (Å²) in [7, 11) is 1.72. The molecule has 1 aromatic carbocycles. The fourth-order valence-electron chi connectivity index (χ4n) is 11.6. The molecule has 8 heterocycles. The minimum atomic E-state index is -2.89. The van der Waals surface area contributed by atoms with Crippen LogP contribution in [-0.4, -0.2) is 120 Å². The van der Waals surface area contributed by atoms with Crippen LogP contribution in [0.15, 0.2) is 47.7 Å². The zero-order chi connectivity index (χ0) is 45.4. The molecule has 6 aliphatic rings. The van der Waals surface area contributed by atoms with Crippen molar-refractivity contribution in [3.8, 4) is 0 Å². The molecule has 66 heavy (non-hydrogen) atoms. The van der Waals surface area contributed by atoms with Crippen LogP contribution in [0, 0.1) is 11.8 Å². The number of rotatable bonds is 12. The minimum Gasteiger partial charge on any atom is -0.375 e. The van der Waals surface area contributed by atoms with Gasteiger partial charge in [0.25, 0.3) is 12.3 Å². The molecule has 0 spiro atoms. The summed E-state index contributed by atoms with van der Waals surface area (Å²) in [6, 6.07) is 7.03. The summed E-state index contributed by atoms with van der Waals surface area (Å²) in [6.45, 7) is 3.62. The highest BCUT2D eigenvalue weighted by molar-refractivity contribution is 6.08. The average molecular weight is 914 g/mol. The second-order valence-electron chi connectivity index (χ2n) is 19.3. The number of hydrogen-bond acceptors (Lipinski definition) is 11. The molecule has 4 saturated heterocycles. The highest BCUT2D eigenvalue weighted by atomic mass is 19.3. The number of nitrogens with one attached hydrogen (secondary N) is 2. The lowest BCUT2D eigenvalue weighted by molar-refractivity contribution is -0.135. The number of morpholine rings is 1. The summed E-state index contributed by atoms with van der Waals surface area (Å²) < 4.78 is 62.4. The molecular formula is C46H54F3N11O6. The monoisotopic (exact) mass is 913 g/mol. The number of ether oxygens (including phenoxy) is 2. The number of imidazole rings is 1. The van der Waals surface area contributed by atoms with Gasteiger partial charge in [-0.05, 0) is 93.2 Å². The Morgan fingerprint density at radius 3 is 2.59 bits per heavy atom. The summed E-state index contributed by atoms with van der Waals surface area (Å²) in [5, 5.41) is 13.6. The second-order valence-corrected chi connectivity index (χ2v) is 19.3. The lowest BCUT2D eigenvalue weighted by atomic mass is 9.71. The van der Waals surface area contributed by atoms with Crippen molar-refractivity contribution >= 4 is 45.9 Å². The van der Waals surface area contributed by atoms with Crippen LogP contribution in [-0.2, 0) is 26.1 Å². The lowest BCUT2D eigenvalue weighted by Crippen LogP contribution is -2.48. The molecule has 0 radical (unpaired) electrons. The van der Waals surface area contributed by atoms with Crippen molar-refractivity contribution in [2.45, 2.75) is 113 Å². The number of fused-ring (bicyclic) bond motifs is 4. The van der Waals surface area contributed by atoms with E-state index in [0.29, 0.717) is 43.3 Å². The van der Waals surface area contributed by atoms with Gasteiger partial charge in [0.15, 0.2) is 11.3 Å². The predicted octanol–water partition coefficient (Wildman–Crippen LogP) is 5.08. The van der Waals surface area contributed by atoms with Crippen LogP contribution in [0.4, 0.5) is 24.7 Å². The highest BCUT2D eigenvalue weighted by Crippen LogP contribution is 2.45. The molecule has 2 N–H and O–H groups in total. The maximum Gasteiger partial charge on any atom is 0.329 e. The molecule has 4 aromatic heterocycles. The SMILES string of the molecule is Cn1c(=O)n(C2CCC(=O)NC2=O)c2cccc(C3CC(CO[C@@H]4CCN(CC5CCC(n6cc(NC(=O)c7cnn8ccc(N9C[C@H]%10C[C@@H]9CO%10)nc78)c(C(F)F)n6)CC5)C[C@@H]4F)C3)c21. The van der Waals surface area contributed by atoms with E-state index in [1.54, 1.807) is 22.5 Å². The van der Waals surface area contributed by atoms with Crippen LogP contribution in [0.25, 0.3) is 16.7 Å². The van der Waals surface area contributed by atoms with Crippen LogP contribution < -0.4 is 21.2 Å². The van der Waals surface area contributed by atoms with Crippen LogP contribution >= 0.6 is 0 Å². The van der Waals surface area contributed by atoms with Crippen LogP contribution in [0.3, 0.4) is 0 Å². The molecule has 2 bridgehead atoms. The summed E-state index contributed by atoms with van der Waals surface area (Å²) in [4.78, 5) is 60.5. The van der Waals surface area contributed by atoms with Crippen molar-refractivity contribution in [3.05, 3.63) is 70.2 Å². The smallest absolute Gasteiger partial charge is 0.329 e.